The maximum absolute atomic E-state index is 12.2. The molecule has 4 nitrogen and oxygen atoms in total. The minimum atomic E-state index is 0.121. The molecule has 2 aliphatic rings. The number of ether oxygens (including phenoxy) is 1. The Hall–Kier alpha value is -1.55. The van der Waals surface area contributed by atoms with E-state index in [0.29, 0.717) is 0 Å². The molecule has 1 saturated carbocycles. The van der Waals surface area contributed by atoms with Gasteiger partial charge in [0.1, 0.15) is 5.75 Å². The SMILES string of the molecule is O=C(c1ccc(OCC2CC2)cc1)N1CCNCC1. The van der Waals surface area contributed by atoms with Gasteiger partial charge in [-0.15, -0.1) is 0 Å². The Kier molecular flexibility index (Phi) is 3.69. The Bertz CT molecular complexity index is 434. The van der Waals surface area contributed by atoms with Crippen molar-refractivity contribution in [1.29, 1.82) is 0 Å². The Labute approximate surface area is 113 Å². The molecule has 102 valence electrons. The fraction of sp³-hybridized carbons (Fsp3) is 0.533. The second-order valence-corrected chi connectivity index (χ2v) is 5.32. The Morgan fingerprint density at radius 3 is 2.53 bits per heavy atom. The predicted molar refractivity (Wildman–Crippen MR) is 73.4 cm³/mol. The van der Waals surface area contributed by atoms with E-state index < -0.39 is 0 Å². The van der Waals surface area contributed by atoms with Gasteiger partial charge in [-0.1, -0.05) is 0 Å². The lowest BCUT2D eigenvalue weighted by Gasteiger charge is -2.27. The monoisotopic (exact) mass is 260 g/mol. The third-order valence-corrected chi connectivity index (χ3v) is 3.69. The lowest BCUT2D eigenvalue weighted by atomic mass is 10.2. The van der Waals surface area contributed by atoms with Gasteiger partial charge in [0, 0.05) is 31.7 Å². The van der Waals surface area contributed by atoms with Crippen LogP contribution in [0.15, 0.2) is 24.3 Å². The fourth-order valence-electron chi connectivity index (χ4n) is 2.24. The van der Waals surface area contributed by atoms with Crippen LogP contribution < -0.4 is 10.1 Å². The van der Waals surface area contributed by atoms with E-state index in [4.69, 9.17) is 4.74 Å². The smallest absolute Gasteiger partial charge is 0.253 e. The minimum absolute atomic E-state index is 0.121. The summed E-state index contributed by atoms with van der Waals surface area (Å²) in [5.74, 6) is 1.74. The largest absolute Gasteiger partial charge is 0.493 e. The highest BCUT2D eigenvalue weighted by Gasteiger charge is 2.22. The zero-order valence-corrected chi connectivity index (χ0v) is 11.1. The average Bonchev–Trinajstić information content (AvgIpc) is 3.30. The summed E-state index contributed by atoms with van der Waals surface area (Å²) in [4.78, 5) is 14.1. The number of hydrogen-bond acceptors (Lipinski definition) is 3. The molecule has 2 fully saturated rings. The zero-order valence-electron chi connectivity index (χ0n) is 11.1. The second kappa shape index (κ2) is 5.61. The lowest BCUT2D eigenvalue weighted by Crippen LogP contribution is -2.46. The number of carbonyl (C=O) groups is 1. The predicted octanol–water partition coefficient (Wildman–Crippen LogP) is 1.52. The summed E-state index contributed by atoms with van der Waals surface area (Å²) in [5.41, 5.74) is 0.751. The normalized spacial score (nSPS) is 19.3. The first-order valence-electron chi connectivity index (χ1n) is 7.06. The zero-order chi connectivity index (χ0) is 13.1. The van der Waals surface area contributed by atoms with Crippen molar-refractivity contribution in [2.45, 2.75) is 12.8 Å². The van der Waals surface area contributed by atoms with Crippen molar-refractivity contribution in [2.75, 3.05) is 32.8 Å². The number of rotatable bonds is 4. The summed E-state index contributed by atoms with van der Waals surface area (Å²) in [5, 5.41) is 3.25. The van der Waals surface area contributed by atoms with Crippen molar-refractivity contribution in [3.63, 3.8) is 0 Å². The van der Waals surface area contributed by atoms with Crippen LogP contribution >= 0.6 is 0 Å². The van der Waals surface area contributed by atoms with Crippen molar-refractivity contribution in [3.8, 4) is 5.75 Å². The second-order valence-electron chi connectivity index (χ2n) is 5.32. The van der Waals surface area contributed by atoms with E-state index in [1.165, 1.54) is 12.8 Å². The molecular formula is C15H20N2O2. The molecule has 0 atom stereocenters. The van der Waals surface area contributed by atoms with Crippen LogP contribution in [0.5, 0.6) is 5.75 Å². The van der Waals surface area contributed by atoms with Crippen LogP contribution in [0.4, 0.5) is 0 Å². The molecule has 4 heteroatoms. The number of benzene rings is 1. The van der Waals surface area contributed by atoms with Gasteiger partial charge in [0.05, 0.1) is 6.61 Å². The van der Waals surface area contributed by atoms with Crippen LogP contribution in [0, 0.1) is 5.92 Å². The van der Waals surface area contributed by atoms with E-state index in [2.05, 4.69) is 5.32 Å². The van der Waals surface area contributed by atoms with Gasteiger partial charge in [-0.3, -0.25) is 4.79 Å². The molecule has 0 bridgehead atoms. The highest BCUT2D eigenvalue weighted by Crippen LogP contribution is 2.29. The van der Waals surface area contributed by atoms with Crippen LogP contribution in [-0.2, 0) is 0 Å². The first-order valence-corrected chi connectivity index (χ1v) is 7.06. The van der Waals surface area contributed by atoms with Gasteiger partial charge in [0.15, 0.2) is 0 Å². The van der Waals surface area contributed by atoms with Crippen molar-refractivity contribution in [2.24, 2.45) is 5.92 Å². The van der Waals surface area contributed by atoms with Crippen LogP contribution in [0.1, 0.15) is 23.2 Å². The van der Waals surface area contributed by atoms with Crippen LogP contribution in [0.3, 0.4) is 0 Å². The van der Waals surface area contributed by atoms with Crippen LogP contribution in [0.2, 0.25) is 0 Å². The van der Waals surface area contributed by atoms with Crippen LogP contribution in [-0.4, -0.2) is 43.6 Å². The van der Waals surface area contributed by atoms with E-state index in [1.807, 2.05) is 29.2 Å². The topological polar surface area (TPSA) is 41.6 Å². The molecule has 1 amide bonds. The number of carbonyl (C=O) groups excluding carboxylic acids is 1. The fourth-order valence-corrected chi connectivity index (χ4v) is 2.24. The van der Waals surface area contributed by atoms with Gasteiger partial charge in [-0.05, 0) is 43.0 Å². The van der Waals surface area contributed by atoms with E-state index in [9.17, 15) is 4.79 Å². The molecule has 1 heterocycles. The molecule has 1 N–H and O–H groups in total. The molecule has 1 aliphatic carbocycles. The first kappa shape index (κ1) is 12.5. The highest BCUT2D eigenvalue weighted by atomic mass is 16.5. The van der Waals surface area contributed by atoms with E-state index in [0.717, 1.165) is 50.0 Å². The van der Waals surface area contributed by atoms with Crippen LogP contribution in [0.25, 0.3) is 0 Å². The summed E-state index contributed by atoms with van der Waals surface area (Å²) in [6.07, 6.45) is 2.58. The quantitative estimate of drug-likeness (QED) is 0.892. The molecule has 1 aromatic rings. The molecule has 0 radical (unpaired) electrons. The van der Waals surface area contributed by atoms with Gasteiger partial charge in [-0.25, -0.2) is 0 Å². The number of nitrogens with zero attached hydrogens (tertiary/aromatic N) is 1. The molecule has 1 aromatic carbocycles. The molecule has 1 aliphatic heterocycles. The summed E-state index contributed by atoms with van der Waals surface area (Å²) in [6, 6.07) is 7.54. The van der Waals surface area contributed by atoms with Gasteiger partial charge in [0.2, 0.25) is 0 Å². The Balaban J connectivity index is 1.58. The van der Waals surface area contributed by atoms with Gasteiger partial charge in [-0.2, -0.15) is 0 Å². The number of amides is 1. The summed E-state index contributed by atoms with van der Waals surface area (Å²) >= 11 is 0. The van der Waals surface area contributed by atoms with Crippen molar-refractivity contribution >= 4 is 5.91 Å². The number of piperazine rings is 1. The third kappa shape index (κ3) is 3.26. The Morgan fingerprint density at radius 1 is 1.21 bits per heavy atom. The summed E-state index contributed by atoms with van der Waals surface area (Å²) in [6.45, 7) is 4.16. The summed E-state index contributed by atoms with van der Waals surface area (Å²) < 4.78 is 5.68. The molecule has 1 saturated heterocycles. The van der Waals surface area contributed by atoms with Crippen molar-refractivity contribution < 1.29 is 9.53 Å². The summed E-state index contributed by atoms with van der Waals surface area (Å²) in [7, 11) is 0. The average molecular weight is 260 g/mol. The Morgan fingerprint density at radius 2 is 1.89 bits per heavy atom. The molecule has 0 unspecified atom stereocenters. The van der Waals surface area contributed by atoms with Gasteiger partial charge >= 0.3 is 0 Å². The molecular weight excluding hydrogens is 240 g/mol. The molecule has 3 rings (SSSR count). The van der Waals surface area contributed by atoms with Gasteiger partial charge in [0.25, 0.3) is 5.91 Å². The van der Waals surface area contributed by atoms with Gasteiger partial charge < -0.3 is 15.0 Å². The first-order chi connectivity index (χ1) is 9.33. The standard InChI is InChI=1S/C15H20N2O2/c18-15(17-9-7-16-8-10-17)13-3-5-14(6-4-13)19-11-12-1-2-12/h3-6,12,16H,1-2,7-11H2. The minimum Gasteiger partial charge on any atom is -0.493 e. The number of hydrogen-bond donors (Lipinski definition) is 1. The lowest BCUT2D eigenvalue weighted by molar-refractivity contribution is 0.0736. The van der Waals surface area contributed by atoms with Crippen molar-refractivity contribution in [1.82, 2.24) is 10.2 Å². The third-order valence-electron chi connectivity index (χ3n) is 3.69. The molecule has 0 aromatic heterocycles. The maximum atomic E-state index is 12.2. The molecule has 0 spiro atoms. The van der Waals surface area contributed by atoms with E-state index in [1.54, 1.807) is 0 Å². The highest BCUT2D eigenvalue weighted by molar-refractivity contribution is 5.94. The molecule has 19 heavy (non-hydrogen) atoms. The van der Waals surface area contributed by atoms with Crippen molar-refractivity contribution in [3.05, 3.63) is 29.8 Å². The number of nitrogens with one attached hydrogen (secondary N) is 1. The van der Waals surface area contributed by atoms with E-state index in [-0.39, 0.29) is 5.91 Å². The maximum Gasteiger partial charge on any atom is 0.253 e. The van der Waals surface area contributed by atoms with E-state index >= 15 is 0 Å².